The van der Waals surface area contributed by atoms with E-state index in [-0.39, 0.29) is 5.24 Å². The van der Waals surface area contributed by atoms with Gasteiger partial charge in [0, 0.05) is 11.4 Å². The molecule has 0 saturated heterocycles. The fourth-order valence-electron chi connectivity index (χ4n) is 1.77. The predicted octanol–water partition coefficient (Wildman–Crippen LogP) is 2.82. The standard InChI is InChI=1S/C16H15NO3S/c1-12(15(18)19)21-16(20)17(13-8-4-2-5-9-13)14-10-6-3-7-11-14/h2-12H,1H3,(H,18,19)/p-1. The highest BCUT2D eigenvalue weighted by Crippen LogP contribution is 2.30. The van der Waals surface area contributed by atoms with Gasteiger partial charge in [0.05, 0.1) is 11.2 Å². The van der Waals surface area contributed by atoms with Crippen LogP contribution >= 0.6 is 11.8 Å². The Kier molecular flexibility index (Phi) is 5.00. The van der Waals surface area contributed by atoms with E-state index < -0.39 is 11.2 Å². The first-order chi connectivity index (χ1) is 10.1. The van der Waals surface area contributed by atoms with Crippen molar-refractivity contribution in [1.29, 1.82) is 0 Å². The van der Waals surface area contributed by atoms with E-state index in [1.807, 2.05) is 36.4 Å². The first-order valence-electron chi connectivity index (χ1n) is 6.41. The molecule has 1 unspecified atom stereocenters. The number of aliphatic carboxylic acids is 1. The number of carboxylic acids is 1. The monoisotopic (exact) mass is 300 g/mol. The number of hydrogen-bond acceptors (Lipinski definition) is 4. The highest BCUT2D eigenvalue weighted by Gasteiger charge is 2.21. The molecule has 1 atom stereocenters. The summed E-state index contributed by atoms with van der Waals surface area (Å²) < 4.78 is 0. The SMILES string of the molecule is CC(SC(=O)N(c1ccccc1)c1ccccc1)C(=O)[O-]. The van der Waals surface area contributed by atoms with Crippen molar-refractivity contribution in [2.24, 2.45) is 0 Å². The summed E-state index contributed by atoms with van der Waals surface area (Å²) in [4.78, 5) is 24.8. The van der Waals surface area contributed by atoms with Crippen LogP contribution in [0.3, 0.4) is 0 Å². The van der Waals surface area contributed by atoms with Gasteiger partial charge >= 0.3 is 0 Å². The Balaban J connectivity index is 2.33. The van der Waals surface area contributed by atoms with Crippen LogP contribution < -0.4 is 10.0 Å². The number of rotatable bonds is 4. The van der Waals surface area contributed by atoms with E-state index in [4.69, 9.17) is 0 Å². The summed E-state index contributed by atoms with van der Waals surface area (Å²) in [5.74, 6) is -1.26. The van der Waals surface area contributed by atoms with Crippen LogP contribution in [0.4, 0.5) is 16.2 Å². The van der Waals surface area contributed by atoms with E-state index in [1.54, 1.807) is 24.3 Å². The summed E-state index contributed by atoms with van der Waals surface area (Å²) in [5.41, 5.74) is 1.37. The number of amides is 1. The van der Waals surface area contributed by atoms with Crippen molar-refractivity contribution in [2.75, 3.05) is 4.90 Å². The molecular formula is C16H14NO3S-. The summed E-state index contributed by atoms with van der Waals surface area (Å²) >= 11 is 0.730. The number of anilines is 2. The molecule has 21 heavy (non-hydrogen) atoms. The number of carbonyl (C=O) groups is 2. The Bertz CT molecular complexity index is 576. The fraction of sp³-hybridized carbons (Fsp3) is 0.125. The van der Waals surface area contributed by atoms with Gasteiger partial charge in [-0.3, -0.25) is 9.69 Å². The highest BCUT2D eigenvalue weighted by atomic mass is 32.2. The average Bonchev–Trinajstić information content (AvgIpc) is 2.49. The molecule has 2 rings (SSSR count). The average molecular weight is 300 g/mol. The van der Waals surface area contributed by atoms with Crippen molar-refractivity contribution < 1.29 is 14.7 Å². The molecule has 0 bridgehead atoms. The maximum atomic E-state index is 12.5. The number of benzene rings is 2. The Labute approximate surface area is 127 Å². The quantitative estimate of drug-likeness (QED) is 0.871. The lowest BCUT2D eigenvalue weighted by atomic mass is 10.2. The van der Waals surface area contributed by atoms with Gasteiger partial charge in [-0.1, -0.05) is 48.2 Å². The molecule has 5 heteroatoms. The molecule has 0 heterocycles. The lowest BCUT2D eigenvalue weighted by molar-refractivity contribution is -0.304. The first-order valence-corrected chi connectivity index (χ1v) is 7.29. The number of para-hydroxylation sites is 2. The van der Waals surface area contributed by atoms with Gasteiger partial charge in [0.15, 0.2) is 0 Å². The molecule has 4 nitrogen and oxygen atoms in total. The minimum atomic E-state index is -1.26. The van der Waals surface area contributed by atoms with Crippen LogP contribution in [0, 0.1) is 0 Å². The number of nitrogens with zero attached hydrogens (tertiary/aromatic N) is 1. The van der Waals surface area contributed by atoms with Gasteiger partial charge in [0.1, 0.15) is 0 Å². The van der Waals surface area contributed by atoms with Crippen LogP contribution in [0.25, 0.3) is 0 Å². The third kappa shape index (κ3) is 3.86. The molecule has 0 radical (unpaired) electrons. The zero-order valence-corrected chi connectivity index (χ0v) is 12.2. The van der Waals surface area contributed by atoms with E-state index in [0.29, 0.717) is 11.4 Å². The van der Waals surface area contributed by atoms with Gasteiger partial charge in [-0.2, -0.15) is 0 Å². The topological polar surface area (TPSA) is 60.4 Å². The van der Waals surface area contributed by atoms with Crippen molar-refractivity contribution >= 4 is 34.3 Å². The van der Waals surface area contributed by atoms with Gasteiger partial charge in [0.25, 0.3) is 5.24 Å². The molecule has 0 aromatic heterocycles. The number of carbonyl (C=O) groups excluding carboxylic acids is 2. The molecule has 108 valence electrons. The van der Waals surface area contributed by atoms with Gasteiger partial charge < -0.3 is 9.90 Å². The smallest absolute Gasteiger partial charge is 0.291 e. The summed E-state index contributed by atoms with van der Waals surface area (Å²) in [5, 5.41) is 9.56. The second kappa shape index (κ2) is 6.95. The van der Waals surface area contributed by atoms with Crippen LogP contribution in [-0.2, 0) is 4.79 Å². The molecule has 0 fully saturated rings. The molecule has 0 aliphatic carbocycles. The van der Waals surface area contributed by atoms with Gasteiger partial charge in [-0.15, -0.1) is 0 Å². The molecular weight excluding hydrogens is 286 g/mol. The van der Waals surface area contributed by atoms with Crippen molar-refractivity contribution in [3.63, 3.8) is 0 Å². The van der Waals surface area contributed by atoms with Crippen molar-refractivity contribution in [2.45, 2.75) is 12.2 Å². The van der Waals surface area contributed by atoms with Crippen molar-refractivity contribution in [1.82, 2.24) is 0 Å². The summed E-state index contributed by atoms with van der Waals surface area (Å²) in [6.07, 6.45) is 0. The van der Waals surface area contributed by atoms with Crippen LogP contribution in [0.2, 0.25) is 0 Å². The fourth-order valence-corrected chi connectivity index (χ4v) is 2.48. The van der Waals surface area contributed by atoms with E-state index in [2.05, 4.69) is 0 Å². The zero-order chi connectivity index (χ0) is 15.2. The Morgan fingerprint density at radius 2 is 1.38 bits per heavy atom. The van der Waals surface area contributed by atoms with E-state index in [9.17, 15) is 14.7 Å². The molecule has 0 aliphatic heterocycles. The van der Waals surface area contributed by atoms with Crippen LogP contribution in [-0.4, -0.2) is 16.5 Å². The lowest BCUT2D eigenvalue weighted by Crippen LogP contribution is -2.34. The Morgan fingerprint density at radius 3 is 1.76 bits per heavy atom. The normalized spacial score (nSPS) is 11.7. The first kappa shape index (κ1) is 15.1. The molecule has 0 aliphatic rings. The number of hydrogen-bond donors (Lipinski definition) is 0. The van der Waals surface area contributed by atoms with Gasteiger partial charge in [-0.25, -0.2) is 0 Å². The summed E-state index contributed by atoms with van der Waals surface area (Å²) in [7, 11) is 0. The molecule has 2 aromatic carbocycles. The minimum absolute atomic E-state index is 0.357. The zero-order valence-electron chi connectivity index (χ0n) is 11.4. The maximum absolute atomic E-state index is 12.5. The lowest BCUT2D eigenvalue weighted by Gasteiger charge is -2.24. The van der Waals surface area contributed by atoms with E-state index in [1.165, 1.54) is 11.8 Å². The van der Waals surface area contributed by atoms with Crippen LogP contribution in [0.1, 0.15) is 6.92 Å². The molecule has 0 spiro atoms. The van der Waals surface area contributed by atoms with Crippen LogP contribution in [0.5, 0.6) is 0 Å². The number of thioether (sulfide) groups is 1. The maximum Gasteiger partial charge on any atom is 0.291 e. The number of carboxylic acid groups (broad SMARTS) is 1. The molecule has 0 N–H and O–H groups in total. The third-order valence-corrected chi connectivity index (χ3v) is 3.75. The predicted molar refractivity (Wildman–Crippen MR) is 82.5 cm³/mol. The molecule has 2 aromatic rings. The highest BCUT2D eigenvalue weighted by molar-refractivity contribution is 8.15. The second-order valence-corrected chi connectivity index (χ2v) is 5.64. The third-order valence-electron chi connectivity index (χ3n) is 2.82. The minimum Gasteiger partial charge on any atom is -0.549 e. The van der Waals surface area contributed by atoms with Gasteiger partial charge in [-0.05, 0) is 31.2 Å². The summed E-state index contributed by atoms with van der Waals surface area (Å²) in [6, 6.07) is 18.2. The Morgan fingerprint density at radius 1 is 0.952 bits per heavy atom. The van der Waals surface area contributed by atoms with Crippen LogP contribution in [0.15, 0.2) is 60.7 Å². The Hall–Kier alpha value is -2.27. The van der Waals surface area contributed by atoms with Crippen molar-refractivity contribution in [3.05, 3.63) is 60.7 Å². The van der Waals surface area contributed by atoms with Crippen molar-refractivity contribution in [3.8, 4) is 0 Å². The van der Waals surface area contributed by atoms with E-state index in [0.717, 1.165) is 11.8 Å². The second-order valence-electron chi connectivity index (χ2n) is 4.35. The van der Waals surface area contributed by atoms with Gasteiger partial charge in [0.2, 0.25) is 0 Å². The molecule has 0 saturated carbocycles. The largest absolute Gasteiger partial charge is 0.549 e. The van der Waals surface area contributed by atoms with E-state index >= 15 is 0 Å². The summed E-state index contributed by atoms with van der Waals surface area (Å²) in [6.45, 7) is 1.44. The molecule has 1 amide bonds.